The summed E-state index contributed by atoms with van der Waals surface area (Å²) in [4.78, 5) is 11.6. The summed E-state index contributed by atoms with van der Waals surface area (Å²) in [5.41, 5.74) is 1.98. The molecule has 0 fully saturated rings. The standard InChI is InChI=1S/C17H16F3N3OS/c1-3-24-15-6-7-21-14(10(15)2)9-25-16-22-12-5-4-11(17(18,19)20)8-13(12)23-16/h4-8H,3,9H2,1-2H3,(H,22,23). The fourth-order valence-electron chi connectivity index (χ4n) is 2.38. The molecule has 8 heteroatoms. The molecule has 4 nitrogen and oxygen atoms in total. The molecule has 0 aliphatic carbocycles. The molecular weight excluding hydrogens is 351 g/mol. The molecule has 0 aliphatic rings. The van der Waals surface area contributed by atoms with Crippen molar-refractivity contribution in [3.05, 3.63) is 47.3 Å². The van der Waals surface area contributed by atoms with Gasteiger partial charge in [0.25, 0.3) is 0 Å². The number of pyridine rings is 1. The summed E-state index contributed by atoms with van der Waals surface area (Å²) in [5.74, 6) is 1.33. The second-order valence-corrected chi connectivity index (χ2v) is 6.34. The first-order chi connectivity index (χ1) is 11.9. The molecule has 2 aromatic heterocycles. The number of benzene rings is 1. The van der Waals surface area contributed by atoms with Gasteiger partial charge in [-0.05, 0) is 38.1 Å². The summed E-state index contributed by atoms with van der Waals surface area (Å²) in [5, 5.41) is 0.553. The van der Waals surface area contributed by atoms with Gasteiger partial charge in [-0.3, -0.25) is 4.98 Å². The average molecular weight is 367 g/mol. The molecule has 1 aromatic carbocycles. The summed E-state index contributed by atoms with van der Waals surface area (Å²) in [6.45, 7) is 4.42. The van der Waals surface area contributed by atoms with E-state index in [1.807, 2.05) is 19.9 Å². The van der Waals surface area contributed by atoms with Crippen molar-refractivity contribution in [2.24, 2.45) is 0 Å². The average Bonchev–Trinajstić information content (AvgIpc) is 2.97. The number of H-pyrrole nitrogens is 1. The van der Waals surface area contributed by atoms with E-state index in [1.54, 1.807) is 6.20 Å². The molecule has 3 aromatic rings. The molecule has 1 N–H and O–H groups in total. The van der Waals surface area contributed by atoms with Gasteiger partial charge in [0.2, 0.25) is 0 Å². The molecule has 0 unspecified atom stereocenters. The van der Waals surface area contributed by atoms with Gasteiger partial charge in [-0.2, -0.15) is 13.2 Å². The predicted molar refractivity (Wildman–Crippen MR) is 90.8 cm³/mol. The Kier molecular flexibility index (Phi) is 4.89. The third-order valence-electron chi connectivity index (χ3n) is 3.69. The van der Waals surface area contributed by atoms with Crippen molar-refractivity contribution in [2.75, 3.05) is 6.61 Å². The maximum Gasteiger partial charge on any atom is 0.416 e. The Balaban J connectivity index is 1.79. The van der Waals surface area contributed by atoms with Crippen LogP contribution < -0.4 is 4.74 Å². The molecule has 0 aliphatic heterocycles. The number of nitrogens with zero attached hydrogens (tertiary/aromatic N) is 2. The maximum atomic E-state index is 12.8. The van der Waals surface area contributed by atoms with E-state index in [-0.39, 0.29) is 0 Å². The summed E-state index contributed by atoms with van der Waals surface area (Å²) in [6, 6.07) is 5.30. The fraction of sp³-hybridized carbons (Fsp3) is 0.294. The number of hydrogen-bond donors (Lipinski definition) is 1. The van der Waals surface area contributed by atoms with Crippen molar-refractivity contribution in [2.45, 2.75) is 30.9 Å². The third kappa shape index (κ3) is 3.89. The number of aromatic amines is 1. The van der Waals surface area contributed by atoms with Gasteiger partial charge in [0, 0.05) is 17.5 Å². The Bertz CT molecular complexity index is 892. The minimum absolute atomic E-state index is 0.366. The predicted octanol–water partition coefficient (Wildman–Crippen LogP) is 4.98. The van der Waals surface area contributed by atoms with Gasteiger partial charge in [-0.1, -0.05) is 11.8 Å². The zero-order valence-corrected chi connectivity index (χ0v) is 14.5. The Morgan fingerprint density at radius 2 is 2.04 bits per heavy atom. The van der Waals surface area contributed by atoms with Crippen molar-refractivity contribution in [3.8, 4) is 5.75 Å². The number of hydrogen-bond acceptors (Lipinski definition) is 4. The lowest BCUT2D eigenvalue weighted by Crippen LogP contribution is -2.04. The molecule has 0 atom stereocenters. The Labute approximate surface area is 146 Å². The first-order valence-corrected chi connectivity index (χ1v) is 8.64. The highest BCUT2D eigenvalue weighted by Crippen LogP contribution is 2.32. The third-order valence-corrected chi connectivity index (χ3v) is 4.58. The first kappa shape index (κ1) is 17.6. The topological polar surface area (TPSA) is 50.8 Å². The summed E-state index contributed by atoms with van der Waals surface area (Å²) >= 11 is 1.39. The highest BCUT2D eigenvalue weighted by Gasteiger charge is 2.30. The van der Waals surface area contributed by atoms with Crippen LogP contribution in [0.1, 0.15) is 23.7 Å². The number of nitrogens with one attached hydrogen (secondary N) is 1. The van der Waals surface area contributed by atoms with E-state index in [0.29, 0.717) is 28.5 Å². The smallest absolute Gasteiger partial charge is 0.416 e. The molecule has 0 saturated carbocycles. The number of rotatable bonds is 5. The van der Waals surface area contributed by atoms with E-state index in [2.05, 4.69) is 15.0 Å². The number of aromatic nitrogens is 3. The lowest BCUT2D eigenvalue weighted by atomic mass is 10.2. The second-order valence-electron chi connectivity index (χ2n) is 5.37. The van der Waals surface area contributed by atoms with E-state index < -0.39 is 11.7 Å². The fourth-order valence-corrected chi connectivity index (χ4v) is 3.29. The molecule has 3 rings (SSSR count). The van der Waals surface area contributed by atoms with Crippen molar-refractivity contribution in [1.29, 1.82) is 0 Å². The normalized spacial score (nSPS) is 11.9. The molecule has 0 saturated heterocycles. The molecule has 2 heterocycles. The van der Waals surface area contributed by atoms with Crippen LogP contribution in [0.15, 0.2) is 35.6 Å². The number of thioether (sulfide) groups is 1. The number of ether oxygens (including phenoxy) is 1. The van der Waals surface area contributed by atoms with E-state index in [0.717, 1.165) is 29.1 Å². The van der Waals surface area contributed by atoms with Gasteiger partial charge in [-0.15, -0.1) is 0 Å². The van der Waals surface area contributed by atoms with Crippen LogP contribution in [0.3, 0.4) is 0 Å². The molecule has 25 heavy (non-hydrogen) atoms. The molecule has 0 spiro atoms. The van der Waals surface area contributed by atoms with Gasteiger partial charge in [-0.25, -0.2) is 4.98 Å². The Hall–Kier alpha value is -2.22. The van der Waals surface area contributed by atoms with Gasteiger partial charge in [0.05, 0.1) is 28.9 Å². The zero-order valence-electron chi connectivity index (χ0n) is 13.6. The van der Waals surface area contributed by atoms with Crippen LogP contribution in [0.4, 0.5) is 13.2 Å². The quantitative estimate of drug-likeness (QED) is 0.647. The second kappa shape index (κ2) is 6.95. The van der Waals surface area contributed by atoms with E-state index >= 15 is 0 Å². The van der Waals surface area contributed by atoms with Crippen LogP contribution in [0, 0.1) is 6.92 Å². The van der Waals surface area contributed by atoms with Crippen LogP contribution in [0.5, 0.6) is 5.75 Å². The van der Waals surface area contributed by atoms with E-state index in [4.69, 9.17) is 4.74 Å². The summed E-state index contributed by atoms with van der Waals surface area (Å²) in [6.07, 6.45) is -2.69. The minimum Gasteiger partial charge on any atom is -0.493 e. The monoisotopic (exact) mass is 367 g/mol. The Morgan fingerprint density at radius 1 is 1.24 bits per heavy atom. The summed E-state index contributed by atoms with van der Waals surface area (Å²) < 4.78 is 43.9. The maximum absolute atomic E-state index is 12.8. The van der Waals surface area contributed by atoms with Crippen LogP contribution >= 0.6 is 11.8 Å². The van der Waals surface area contributed by atoms with Gasteiger partial charge >= 0.3 is 6.18 Å². The van der Waals surface area contributed by atoms with Crippen LogP contribution in [0.2, 0.25) is 0 Å². The molecular formula is C17H16F3N3OS. The highest BCUT2D eigenvalue weighted by molar-refractivity contribution is 7.98. The first-order valence-electron chi connectivity index (χ1n) is 7.65. The SMILES string of the molecule is CCOc1ccnc(CSc2nc3ccc(C(F)(F)F)cc3[nH]2)c1C. The molecule has 0 bridgehead atoms. The van der Waals surface area contributed by atoms with Gasteiger partial charge in [0.15, 0.2) is 5.16 Å². The van der Waals surface area contributed by atoms with Crippen molar-refractivity contribution < 1.29 is 17.9 Å². The lowest BCUT2D eigenvalue weighted by Gasteiger charge is -2.09. The van der Waals surface area contributed by atoms with Crippen LogP contribution in [-0.4, -0.2) is 21.6 Å². The molecule has 0 radical (unpaired) electrons. The molecule has 0 amide bonds. The zero-order chi connectivity index (χ0) is 18.0. The van der Waals surface area contributed by atoms with Crippen LogP contribution in [0.25, 0.3) is 11.0 Å². The lowest BCUT2D eigenvalue weighted by molar-refractivity contribution is -0.137. The number of fused-ring (bicyclic) bond motifs is 1. The highest BCUT2D eigenvalue weighted by atomic mass is 32.2. The largest absolute Gasteiger partial charge is 0.493 e. The Morgan fingerprint density at radius 3 is 2.76 bits per heavy atom. The van der Waals surface area contributed by atoms with Crippen molar-refractivity contribution in [1.82, 2.24) is 15.0 Å². The van der Waals surface area contributed by atoms with Gasteiger partial charge in [0.1, 0.15) is 5.75 Å². The summed E-state index contributed by atoms with van der Waals surface area (Å²) in [7, 11) is 0. The number of halogens is 3. The van der Waals surface area contributed by atoms with Crippen molar-refractivity contribution in [3.63, 3.8) is 0 Å². The molecule has 132 valence electrons. The van der Waals surface area contributed by atoms with E-state index in [1.165, 1.54) is 17.8 Å². The van der Waals surface area contributed by atoms with Gasteiger partial charge < -0.3 is 9.72 Å². The van der Waals surface area contributed by atoms with Crippen LogP contribution in [-0.2, 0) is 11.9 Å². The minimum atomic E-state index is -4.37. The van der Waals surface area contributed by atoms with E-state index in [9.17, 15) is 13.2 Å². The van der Waals surface area contributed by atoms with Crippen molar-refractivity contribution >= 4 is 22.8 Å². The number of alkyl halides is 3. The number of imidazole rings is 1.